The Balaban J connectivity index is 2.06. The number of amides is 1. The molecule has 1 amide bonds. The molecular weight excluding hydrogens is 370 g/mol. The van der Waals surface area contributed by atoms with Gasteiger partial charge in [0.15, 0.2) is 11.4 Å². The number of nitrogens with one attached hydrogen (secondary N) is 1. The van der Waals surface area contributed by atoms with Crippen molar-refractivity contribution in [1.29, 1.82) is 0 Å². The number of anilines is 1. The molecule has 0 radical (unpaired) electrons. The van der Waals surface area contributed by atoms with Crippen LogP contribution < -0.4 is 10.1 Å². The SMILES string of the molecule is CCc1nc2c(OC)cccn2c1C(=O)Nc1ccc(C)cc1Br. The summed E-state index contributed by atoms with van der Waals surface area (Å²) in [4.78, 5) is 17.4. The van der Waals surface area contributed by atoms with Gasteiger partial charge in [0.05, 0.1) is 18.5 Å². The molecule has 0 saturated heterocycles. The first-order chi connectivity index (χ1) is 11.5. The smallest absolute Gasteiger partial charge is 0.274 e. The lowest BCUT2D eigenvalue weighted by Crippen LogP contribution is -2.16. The average Bonchev–Trinajstić information content (AvgIpc) is 2.96. The molecule has 0 aliphatic rings. The van der Waals surface area contributed by atoms with Gasteiger partial charge in [-0.1, -0.05) is 13.0 Å². The molecule has 0 saturated carbocycles. The third kappa shape index (κ3) is 2.89. The Morgan fingerprint density at radius 3 is 2.83 bits per heavy atom. The number of fused-ring (bicyclic) bond motifs is 1. The van der Waals surface area contributed by atoms with E-state index in [2.05, 4.69) is 26.2 Å². The topological polar surface area (TPSA) is 55.6 Å². The molecule has 1 N–H and O–H groups in total. The highest BCUT2D eigenvalue weighted by Crippen LogP contribution is 2.26. The fourth-order valence-electron chi connectivity index (χ4n) is 2.64. The molecule has 1 aromatic carbocycles. The molecule has 6 heteroatoms. The van der Waals surface area contributed by atoms with E-state index < -0.39 is 0 Å². The number of aromatic nitrogens is 2. The minimum atomic E-state index is -0.197. The summed E-state index contributed by atoms with van der Waals surface area (Å²) in [5.74, 6) is 0.444. The zero-order valence-corrected chi connectivity index (χ0v) is 15.3. The molecule has 2 heterocycles. The Hall–Kier alpha value is -2.34. The Kier molecular flexibility index (Phi) is 4.57. The zero-order chi connectivity index (χ0) is 17.3. The van der Waals surface area contributed by atoms with Crippen LogP contribution >= 0.6 is 15.9 Å². The molecule has 3 aromatic rings. The highest BCUT2D eigenvalue weighted by molar-refractivity contribution is 9.10. The number of hydrogen-bond donors (Lipinski definition) is 1. The maximum atomic E-state index is 12.9. The number of carbonyl (C=O) groups excluding carboxylic acids is 1. The van der Waals surface area contributed by atoms with E-state index in [-0.39, 0.29) is 5.91 Å². The second kappa shape index (κ2) is 6.65. The number of ether oxygens (including phenoxy) is 1. The van der Waals surface area contributed by atoms with E-state index in [1.54, 1.807) is 11.5 Å². The lowest BCUT2D eigenvalue weighted by molar-refractivity contribution is 0.102. The molecule has 5 nitrogen and oxygen atoms in total. The second-order valence-corrected chi connectivity index (χ2v) is 6.32. The molecule has 0 bridgehead atoms. The summed E-state index contributed by atoms with van der Waals surface area (Å²) in [6.07, 6.45) is 2.48. The quantitative estimate of drug-likeness (QED) is 0.728. The van der Waals surface area contributed by atoms with Gasteiger partial charge in [-0.25, -0.2) is 4.98 Å². The summed E-state index contributed by atoms with van der Waals surface area (Å²) in [6, 6.07) is 9.48. The van der Waals surface area contributed by atoms with Crippen LogP contribution in [0.15, 0.2) is 41.0 Å². The van der Waals surface area contributed by atoms with Gasteiger partial charge in [-0.15, -0.1) is 0 Å². The van der Waals surface area contributed by atoms with Crippen molar-refractivity contribution < 1.29 is 9.53 Å². The maximum Gasteiger partial charge on any atom is 0.274 e. The van der Waals surface area contributed by atoms with Crippen molar-refractivity contribution in [3.05, 3.63) is 58.0 Å². The molecule has 0 atom stereocenters. The number of carbonyl (C=O) groups is 1. The normalized spacial score (nSPS) is 10.8. The lowest BCUT2D eigenvalue weighted by Gasteiger charge is -2.09. The van der Waals surface area contributed by atoms with Crippen LogP contribution in [0.25, 0.3) is 5.65 Å². The molecule has 24 heavy (non-hydrogen) atoms. The fraction of sp³-hybridized carbons (Fsp3) is 0.222. The van der Waals surface area contributed by atoms with Crippen LogP contribution in [0.3, 0.4) is 0 Å². The predicted molar refractivity (Wildman–Crippen MR) is 98.0 cm³/mol. The van der Waals surface area contributed by atoms with Crippen LogP contribution in [0.4, 0.5) is 5.69 Å². The third-order valence-corrected chi connectivity index (χ3v) is 4.49. The van der Waals surface area contributed by atoms with Gasteiger partial charge < -0.3 is 10.1 Å². The van der Waals surface area contributed by atoms with E-state index in [1.807, 2.05) is 50.4 Å². The minimum Gasteiger partial charge on any atom is -0.493 e. The maximum absolute atomic E-state index is 12.9. The summed E-state index contributed by atoms with van der Waals surface area (Å²) in [5, 5.41) is 2.96. The first-order valence-corrected chi connectivity index (χ1v) is 8.46. The summed E-state index contributed by atoms with van der Waals surface area (Å²) in [6.45, 7) is 3.98. The average molecular weight is 388 g/mol. The van der Waals surface area contributed by atoms with Crippen LogP contribution in [-0.2, 0) is 6.42 Å². The van der Waals surface area contributed by atoms with Crippen LogP contribution in [-0.4, -0.2) is 22.4 Å². The Labute approximate surface area is 148 Å². The molecule has 2 aromatic heterocycles. The highest BCUT2D eigenvalue weighted by atomic mass is 79.9. The molecule has 0 spiro atoms. The van der Waals surface area contributed by atoms with Gasteiger partial charge in [-0.05, 0) is 59.1 Å². The molecule has 124 valence electrons. The van der Waals surface area contributed by atoms with Crippen molar-refractivity contribution in [2.24, 2.45) is 0 Å². The van der Waals surface area contributed by atoms with Crippen molar-refractivity contribution in [2.45, 2.75) is 20.3 Å². The van der Waals surface area contributed by atoms with E-state index in [0.29, 0.717) is 23.5 Å². The third-order valence-electron chi connectivity index (χ3n) is 3.83. The Morgan fingerprint density at radius 2 is 2.17 bits per heavy atom. The number of imidazole rings is 1. The van der Waals surface area contributed by atoms with Crippen molar-refractivity contribution >= 4 is 33.2 Å². The molecule has 3 rings (SSSR count). The highest BCUT2D eigenvalue weighted by Gasteiger charge is 2.20. The van der Waals surface area contributed by atoms with E-state index in [9.17, 15) is 4.79 Å². The molecule has 0 aliphatic carbocycles. The first kappa shape index (κ1) is 16.5. The number of nitrogens with zero attached hydrogens (tertiary/aromatic N) is 2. The van der Waals surface area contributed by atoms with Crippen LogP contribution in [0.1, 0.15) is 28.7 Å². The number of aryl methyl sites for hydroxylation is 2. The van der Waals surface area contributed by atoms with Crippen LogP contribution in [0.5, 0.6) is 5.75 Å². The molecular formula is C18H18BrN3O2. The second-order valence-electron chi connectivity index (χ2n) is 5.47. The number of hydrogen-bond acceptors (Lipinski definition) is 3. The zero-order valence-electron chi connectivity index (χ0n) is 13.8. The Morgan fingerprint density at radius 1 is 1.38 bits per heavy atom. The van der Waals surface area contributed by atoms with Gasteiger partial charge in [0.2, 0.25) is 0 Å². The van der Waals surface area contributed by atoms with E-state index in [4.69, 9.17) is 4.74 Å². The van der Waals surface area contributed by atoms with Crippen molar-refractivity contribution in [3.8, 4) is 5.75 Å². The first-order valence-electron chi connectivity index (χ1n) is 7.66. The van der Waals surface area contributed by atoms with Gasteiger partial charge in [0.25, 0.3) is 5.91 Å². The molecule has 0 fully saturated rings. The van der Waals surface area contributed by atoms with Gasteiger partial charge in [-0.2, -0.15) is 0 Å². The van der Waals surface area contributed by atoms with E-state index >= 15 is 0 Å². The Bertz CT molecular complexity index is 918. The number of benzene rings is 1. The van der Waals surface area contributed by atoms with Crippen molar-refractivity contribution in [2.75, 3.05) is 12.4 Å². The van der Waals surface area contributed by atoms with Gasteiger partial charge in [0, 0.05) is 10.7 Å². The van der Waals surface area contributed by atoms with Gasteiger partial charge >= 0.3 is 0 Å². The fourth-order valence-corrected chi connectivity index (χ4v) is 3.23. The summed E-state index contributed by atoms with van der Waals surface area (Å²) in [5.41, 5.74) is 3.75. The van der Waals surface area contributed by atoms with Crippen LogP contribution in [0.2, 0.25) is 0 Å². The standard InChI is InChI=1S/C18H18BrN3O2/c1-4-13-16(22-9-5-6-15(24-3)17(22)20-13)18(23)21-14-8-7-11(2)10-12(14)19/h5-10H,4H2,1-3H3,(H,21,23). The minimum absolute atomic E-state index is 0.197. The number of pyridine rings is 1. The molecule has 0 aliphatic heterocycles. The van der Waals surface area contributed by atoms with Gasteiger partial charge in [-0.3, -0.25) is 9.20 Å². The monoisotopic (exact) mass is 387 g/mol. The molecule has 0 unspecified atom stereocenters. The van der Waals surface area contributed by atoms with Crippen molar-refractivity contribution in [3.63, 3.8) is 0 Å². The van der Waals surface area contributed by atoms with Crippen LogP contribution in [0, 0.1) is 6.92 Å². The largest absolute Gasteiger partial charge is 0.493 e. The van der Waals surface area contributed by atoms with Crippen molar-refractivity contribution in [1.82, 2.24) is 9.38 Å². The van der Waals surface area contributed by atoms with E-state index in [0.717, 1.165) is 21.4 Å². The summed E-state index contributed by atoms with van der Waals surface area (Å²) >= 11 is 3.49. The summed E-state index contributed by atoms with van der Waals surface area (Å²) < 4.78 is 7.97. The lowest BCUT2D eigenvalue weighted by atomic mass is 10.2. The predicted octanol–water partition coefficient (Wildman–Crippen LogP) is 4.23. The van der Waals surface area contributed by atoms with E-state index in [1.165, 1.54) is 0 Å². The number of rotatable bonds is 4. The number of halogens is 1. The summed E-state index contributed by atoms with van der Waals surface area (Å²) in [7, 11) is 1.60. The van der Waals surface area contributed by atoms with Gasteiger partial charge in [0.1, 0.15) is 5.69 Å². The number of methoxy groups -OCH3 is 1.